The van der Waals surface area contributed by atoms with E-state index in [1.165, 1.54) is 51.4 Å². The van der Waals surface area contributed by atoms with Crippen LogP contribution >= 0.6 is 0 Å². The Morgan fingerprint density at radius 1 is 0.275 bits per heavy atom. The highest BCUT2D eigenvalue weighted by molar-refractivity contribution is 5.69. The van der Waals surface area contributed by atoms with Gasteiger partial charge in [0.1, 0.15) is 13.2 Å². The normalized spacial score (nSPS) is 11.3. The molecule has 51 heavy (non-hydrogen) atoms. The number of carbonyl (C=O) groups excluding carboxylic acids is 2. The average Bonchev–Trinajstić information content (AvgIpc) is 3.13. The summed E-state index contributed by atoms with van der Waals surface area (Å²) in [7, 11) is 0. The molecule has 0 aromatic rings. The van der Waals surface area contributed by atoms with Gasteiger partial charge in [0.05, 0.1) is 119 Å². The molecule has 0 atom stereocenters. The number of esters is 2. The molecule has 0 aliphatic rings. The van der Waals surface area contributed by atoms with Crippen molar-refractivity contribution >= 4 is 11.9 Å². The van der Waals surface area contributed by atoms with Crippen LogP contribution in [0.5, 0.6) is 0 Å². The van der Waals surface area contributed by atoms with Crippen molar-refractivity contribution in [1.82, 2.24) is 0 Å². The van der Waals surface area contributed by atoms with E-state index in [2.05, 4.69) is 13.8 Å². The molecule has 0 unspecified atom stereocenters. The smallest absolute Gasteiger partial charge is 0.305 e. The second kappa shape index (κ2) is 44.7. The zero-order chi connectivity index (χ0) is 37.0. The first kappa shape index (κ1) is 49.6. The van der Waals surface area contributed by atoms with Crippen LogP contribution in [0, 0.1) is 0 Å². The molecule has 0 rings (SSSR count). The molecule has 0 amide bonds. The number of rotatable bonds is 44. The van der Waals surface area contributed by atoms with Crippen LogP contribution in [-0.2, 0) is 61.7 Å². The quantitative estimate of drug-likeness (QED) is 0.0557. The number of unbranched alkanes of at least 4 members (excludes halogenated alkanes) is 10. The highest BCUT2D eigenvalue weighted by Gasteiger charge is 2.04. The van der Waals surface area contributed by atoms with E-state index in [9.17, 15) is 9.59 Å². The van der Waals surface area contributed by atoms with Gasteiger partial charge in [0, 0.05) is 12.8 Å². The third kappa shape index (κ3) is 44.7. The van der Waals surface area contributed by atoms with Gasteiger partial charge in [0.2, 0.25) is 0 Å². The van der Waals surface area contributed by atoms with Crippen LogP contribution < -0.4 is 0 Å². The highest BCUT2D eigenvalue weighted by atomic mass is 16.6. The molecule has 0 aromatic carbocycles. The van der Waals surface area contributed by atoms with Crippen molar-refractivity contribution in [2.45, 2.75) is 104 Å². The standard InChI is InChI=1S/C38H74O13/c1-3-5-7-9-10-12-14-16-38(40)51-36-34-49-32-30-47-28-26-45-24-22-43-20-18-41-17-19-42-21-23-44-25-27-46-29-31-48-33-35-50-37(39)15-13-11-8-6-4-2/h3-36H2,1-2H3. The third-order valence-electron chi connectivity index (χ3n) is 7.43. The molecule has 13 nitrogen and oxygen atoms in total. The van der Waals surface area contributed by atoms with Crippen molar-refractivity contribution in [1.29, 1.82) is 0 Å². The molecule has 13 heteroatoms. The lowest BCUT2D eigenvalue weighted by Crippen LogP contribution is -2.15. The summed E-state index contributed by atoms with van der Waals surface area (Å²) in [5, 5.41) is 0. The van der Waals surface area contributed by atoms with Gasteiger partial charge < -0.3 is 52.1 Å². The summed E-state index contributed by atoms with van der Waals surface area (Å²) in [4.78, 5) is 23.3. The Morgan fingerprint density at radius 2 is 0.471 bits per heavy atom. The first-order valence-electron chi connectivity index (χ1n) is 19.7. The lowest BCUT2D eigenvalue weighted by Gasteiger charge is -2.09. The molecule has 0 fully saturated rings. The van der Waals surface area contributed by atoms with Gasteiger partial charge in [-0.05, 0) is 12.8 Å². The predicted octanol–water partition coefficient (Wildman–Crippen LogP) is 5.72. The van der Waals surface area contributed by atoms with Crippen LogP contribution in [0.1, 0.15) is 104 Å². The molecular weight excluding hydrogens is 664 g/mol. The second-order valence-corrected chi connectivity index (χ2v) is 12.0. The maximum Gasteiger partial charge on any atom is 0.305 e. The highest BCUT2D eigenvalue weighted by Crippen LogP contribution is 2.09. The maximum atomic E-state index is 11.7. The molecule has 0 radical (unpaired) electrons. The Kier molecular flexibility index (Phi) is 43.5. The van der Waals surface area contributed by atoms with Gasteiger partial charge in [0.25, 0.3) is 0 Å². The molecule has 0 spiro atoms. The Balaban J connectivity index is 3.13. The van der Waals surface area contributed by atoms with Gasteiger partial charge in [0.15, 0.2) is 0 Å². The molecular formula is C38H74O13. The molecule has 0 heterocycles. The molecule has 0 bridgehead atoms. The summed E-state index contributed by atoms with van der Waals surface area (Å²) in [6.07, 6.45) is 14.8. The topological polar surface area (TPSA) is 136 Å². The Bertz CT molecular complexity index is 699. The van der Waals surface area contributed by atoms with Crippen molar-refractivity contribution in [3.63, 3.8) is 0 Å². The van der Waals surface area contributed by atoms with Crippen LogP contribution in [0.3, 0.4) is 0 Å². The monoisotopic (exact) mass is 739 g/mol. The van der Waals surface area contributed by atoms with Crippen LogP contribution in [0.25, 0.3) is 0 Å². The zero-order valence-electron chi connectivity index (χ0n) is 32.3. The lowest BCUT2D eigenvalue weighted by molar-refractivity contribution is -0.146. The fraction of sp³-hybridized carbons (Fsp3) is 0.947. The van der Waals surface area contributed by atoms with Gasteiger partial charge in [-0.3, -0.25) is 9.59 Å². The first-order chi connectivity index (χ1) is 25.2. The van der Waals surface area contributed by atoms with E-state index < -0.39 is 0 Å². The van der Waals surface area contributed by atoms with Gasteiger partial charge >= 0.3 is 11.9 Å². The van der Waals surface area contributed by atoms with Gasteiger partial charge in [-0.1, -0.05) is 78.1 Å². The minimum Gasteiger partial charge on any atom is -0.463 e. The molecule has 0 saturated heterocycles. The van der Waals surface area contributed by atoms with Crippen molar-refractivity contribution in [2.75, 3.05) is 132 Å². The summed E-state index contributed by atoms with van der Waals surface area (Å²) in [5.74, 6) is -0.292. The number of ether oxygens (including phenoxy) is 11. The number of hydrogen-bond donors (Lipinski definition) is 0. The Hall–Kier alpha value is -1.42. The molecule has 304 valence electrons. The number of carbonyl (C=O) groups is 2. The SMILES string of the molecule is CCCCCCCCCC(=O)OCCOCCOCCOCCOCCOCCOCCOCCOCCOCCOC(=O)CCCCCCC. The van der Waals surface area contributed by atoms with Crippen molar-refractivity contribution in [3.8, 4) is 0 Å². The van der Waals surface area contributed by atoms with E-state index in [0.717, 1.165) is 25.7 Å². The van der Waals surface area contributed by atoms with E-state index in [4.69, 9.17) is 52.1 Å². The van der Waals surface area contributed by atoms with Gasteiger partial charge in [-0.25, -0.2) is 0 Å². The molecule has 0 aliphatic heterocycles. The summed E-state index contributed by atoms with van der Waals surface area (Å²) in [6, 6.07) is 0. The van der Waals surface area contributed by atoms with Crippen LogP contribution in [0.4, 0.5) is 0 Å². The van der Waals surface area contributed by atoms with Crippen molar-refractivity contribution in [2.24, 2.45) is 0 Å². The van der Waals surface area contributed by atoms with E-state index in [1.54, 1.807) is 0 Å². The second-order valence-electron chi connectivity index (χ2n) is 12.0. The average molecular weight is 739 g/mol. The largest absolute Gasteiger partial charge is 0.463 e. The molecule has 0 saturated carbocycles. The van der Waals surface area contributed by atoms with E-state index in [-0.39, 0.29) is 25.2 Å². The van der Waals surface area contributed by atoms with Crippen LogP contribution in [-0.4, -0.2) is 144 Å². The molecule has 0 N–H and O–H groups in total. The minimum atomic E-state index is -0.149. The fourth-order valence-corrected chi connectivity index (χ4v) is 4.53. The van der Waals surface area contributed by atoms with E-state index in [1.807, 2.05) is 0 Å². The summed E-state index contributed by atoms with van der Waals surface area (Å²) in [6.45, 7) is 13.4. The maximum absolute atomic E-state index is 11.7. The van der Waals surface area contributed by atoms with Crippen molar-refractivity contribution < 1.29 is 61.7 Å². The lowest BCUT2D eigenvalue weighted by atomic mass is 10.1. The summed E-state index contributed by atoms with van der Waals surface area (Å²) in [5.41, 5.74) is 0. The summed E-state index contributed by atoms with van der Waals surface area (Å²) >= 11 is 0. The summed E-state index contributed by atoms with van der Waals surface area (Å²) < 4.78 is 59.5. The predicted molar refractivity (Wildman–Crippen MR) is 195 cm³/mol. The van der Waals surface area contributed by atoms with Gasteiger partial charge in [-0.2, -0.15) is 0 Å². The van der Waals surface area contributed by atoms with Crippen LogP contribution in [0.15, 0.2) is 0 Å². The number of hydrogen-bond acceptors (Lipinski definition) is 13. The van der Waals surface area contributed by atoms with E-state index >= 15 is 0 Å². The van der Waals surface area contributed by atoms with Gasteiger partial charge in [-0.15, -0.1) is 0 Å². The van der Waals surface area contributed by atoms with Crippen LogP contribution in [0.2, 0.25) is 0 Å². The Labute approximate surface area is 309 Å². The Morgan fingerprint density at radius 3 is 0.706 bits per heavy atom. The van der Waals surface area contributed by atoms with Crippen molar-refractivity contribution in [3.05, 3.63) is 0 Å². The zero-order valence-corrected chi connectivity index (χ0v) is 32.3. The first-order valence-corrected chi connectivity index (χ1v) is 19.7. The minimum absolute atomic E-state index is 0.143. The van der Waals surface area contributed by atoms with E-state index in [0.29, 0.717) is 132 Å². The molecule has 0 aliphatic carbocycles. The third-order valence-corrected chi connectivity index (χ3v) is 7.43. The molecule has 0 aromatic heterocycles. The fourth-order valence-electron chi connectivity index (χ4n) is 4.53.